The van der Waals surface area contributed by atoms with Crippen molar-refractivity contribution >= 4 is 23.2 Å². The fraction of sp³-hybridized carbons (Fsp3) is 0.368. The van der Waals surface area contributed by atoms with E-state index >= 15 is 0 Å². The smallest absolute Gasteiger partial charge is 0.141 e. The maximum absolute atomic E-state index is 9.60. The first-order valence-corrected chi connectivity index (χ1v) is 9.03. The van der Waals surface area contributed by atoms with Gasteiger partial charge in [0.2, 0.25) is 0 Å². The van der Waals surface area contributed by atoms with Crippen LogP contribution in [0.4, 0.5) is 0 Å². The lowest BCUT2D eigenvalue weighted by molar-refractivity contribution is -0.0622. The molecule has 25 heavy (non-hydrogen) atoms. The second-order valence-electron chi connectivity index (χ2n) is 6.47. The number of benzene rings is 2. The van der Waals surface area contributed by atoms with Crippen LogP contribution in [0.15, 0.2) is 48.5 Å². The third kappa shape index (κ3) is 2.87. The molecular weight excluding hydrogens is 361 g/mol. The van der Waals surface area contributed by atoms with E-state index in [1.807, 2.05) is 48.5 Å². The van der Waals surface area contributed by atoms with Crippen LogP contribution in [-0.4, -0.2) is 35.4 Å². The quantitative estimate of drug-likeness (QED) is 0.865. The number of hydrogen-bond acceptors (Lipinski definition) is 4. The van der Waals surface area contributed by atoms with E-state index < -0.39 is 0 Å². The summed E-state index contributed by atoms with van der Waals surface area (Å²) in [6.07, 6.45) is -0.123. The number of aliphatic hydroxyl groups is 1. The third-order valence-electron chi connectivity index (χ3n) is 4.99. The van der Waals surface area contributed by atoms with Crippen molar-refractivity contribution in [2.45, 2.75) is 24.4 Å². The minimum absolute atomic E-state index is 0.0632. The molecule has 0 spiro atoms. The summed E-state index contributed by atoms with van der Waals surface area (Å²) in [6.45, 7) is 1.02. The SMILES string of the molecule is OCCC12CO[C@H](c3ccccc3Cl)N1[C@H](c1ccccc1Cl)OC2. The van der Waals surface area contributed by atoms with Crippen molar-refractivity contribution < 1.29 is 14.6 Å². The molecule has 1 unspecified atom stereocenters. The summed E-state index contributed by atoms with van der Waals surface area (Å²) in [4.78, 5) is 2.17. The van der Waals surface area contributed by atoms with Crippen molar-refractivity contribution in [3.63, 3.8) is 0 Å². The summed E-state index contributed by atoms with van der Waals surface area (Å²) in [7, 11) is 0. The highest BCUT2D eigenvalue weighted by atomic mass is 35.5. The maximum atomic E-state index is 9.60. The Bertz CT molecular complexity index is 712. The van der Waals surface area contributed by atoms with Gasteiger partial charge < -0.3 is 14.6 Å². The Hall–Kier alpha value is -1.14. The molecule has 0 amide bonds. The summed E-state index contributed by atoms with van der Waals surface area (Å²) in [5, 5.41) is 10.9. The van der Waals surface area contributed by atoms with Crippen LogP contribution in [0.3, 0.4) is 0 Å². The van der Waals surface area contributed by atoms with Gasteiger partial charge in [-0.15, -0.1) is 0 Å². The van der Waals surface area contributed by atoms with Gasteiger partial charge in [-0.2, -0.15) is 0 Å². The van der Waals surface area contributed by atoms with E-state index in [0.29, 0.717) is 29.7 Å². The number of rotatable bonds is 4. The van der Waals surface area contributed by atoms with E-state index in [2.05, 4.69) is 4.90 Å². The van der Waals surface area contributed by atoms with Crippen LogP contribution in [0.2, 0.25) is 10.0 Å². The van der Waals surface area contributed by atoms with Crippen LogP contribution in [0.5, 0.6) is 0 Å². The molecular formula is C19H19Cl2NO3. The molecule has 2 aromatic rings. The number of halogens is 2. The van der Waals surface area contributed by atoms with Crippen LogP contribution >= 0.6 is 23.2 Å². The summed E-state index contributed by atoms with van der Waals surface area (Å²) in [5.41, 5.74) is 1.40. The third-order valence-corrected chi connectivity index (χ3v) is 5.68. The van der Waals surface area contributed by atoms with Gasteiger partial charge in [0.1, 0.15) is 12.5 Å². The summed E-state index contributed by atoms with van der Waals surface area (Å²) >= 11 is 12.8. The molecule has 2 fully saturated rings. The van der Waals surface area contributed by atoms with Crippen molar-refractivity contribution in [1.82, 2.24) is 4.90 Å². The topological polar surface area (TPSA) is 41.9 Å². The van der Waals surface area contributed by atoms with E-state index in [4.69, 9.17) is 32.7 Å². The van der Waals surface area contributed by atoms with Gasteiger partial charge >= 0.3 is 0 Å². The molecule has 6 heteroatoms. The molecule has 132 valence electrons. The van der Waals surface area contributed by atoms with Crippen molar-refractivity contribution in [2.75, 3.05) is 19.8 Å². The van der Waals surface area contributed by atoms with Crippen molar-refractivity contribution in [3.05, 3.63) is 69.7 Å². The number of nitrogens with zero attached hydrogens (tertiary/aromatic N) is 1. The Morgan fingerprint density at radius 1 is 0.920 bits per heavy atom. The van der Waals surface area contributed by atoms with E-state index in [9.17, 15) is 5.11 Å². The summed E-state index contributed by atoms with van der Waals surface area (Å²) in [5.74, 6) is 0. The zero-order chi connectivity index (χ0) is 17.4. The fourth-order valence-corrected chi connectivity index (χ4v) is 4.21. The predicted octanol–water partition coefficient (Wildman–Crippen LogP) is 4.17. The molecule has 0 aliphatic carbocycles. The predicted molar refractivity (Wildman–Crippen MR) is 96.6 cm³/mol. The average Bonchev–Trinajstić information content (AvgIpc) is 3.14. The van der Waals surface area contributed by atoms with E-state index in [1.54, 1.807) is 0 Å². The lowest BCUT2D eigenvalue weighted by Crippen LogP contribution is -2.45. The van der Waals surface area contributed by atoms with Gasteiger partial charge in [0.25, 0.3) is 0 Å². The lowest BCUT2D eigenvalue weighted by Gasteiger charge is -2.34. The molecule has 0 bridgehead atoms. The van der Waals surface area contributed by atoms with E-state index in [1.165, 1.54) is 0 Å². The highest BCUT2D eigenvalue weighted by molar-refractivity contribution is 6.31. The largest absolute Gasteiger partial charge is 0.396 e. The Labute approximate surface area is 156 Å². The van der Waals surface area contributed by atoms with Crippen LogP contribution in [-0.2, 0) is 9.47 Å². The number of fused-ring (bicyclic) bond motifs is 1. The van der Waals surface area contributed by atoms with Gasteiger partial charge in [-0.3, -0.25) is 0 Å². The molecule has 4 nitrogen and oxygen atoms in total. The van der Waals surface area contributed by atoms with Gasteiger partial charge in [-0.05, 0) is 18.6 Å². The number of hydrogen-bond donors (Lipinski definition) is 1. The molecule has 2 aliphatic heterocycles. The zero-order valence-corrected chi connectivity index (χ0v) is 15.1. The number of aliphatic hydroxyl groups excluding tert-OH is 1. The standard InChI is InChI=1S/C19H19Cl2NO3/c20-15-7-3-1-5-13(15)17-22-18(14-6-2-4-8-16(14)21)25-12-19(22,9-10-23)11-24-17/h1-8,17-18,23H,9-12H2/t17-,18+,19?. The minimum Gasteiger partial charge on any atom is -0.396 e. The second-order valence-corrected chi connectivity index (χ2v) is 7.29. The Kier molecular flexibility index (Phi) is 4.75. The fourth-order valence-electron chi connectivity index (χ4n) is 3.75. The minimum atomic E-state index is -0.386. The number of ether oxygens (including phenoxy) is 2. The van der Waals surface area contributed by atoms with Gasteiger partial charge in [0, 0.05) is 27.8 Å². The van der Waals surface area contributed by atoms with E-state index in [0.717, 1.165) is 11.1 Å². The van der Waals surface area contributed by atoms with Gasteiger partial charge in [0.15, 0.2) is 0 Å². The first kappa shape index (κ1) is 17.3. The second kappa shape index (κ2) is 6.88. The average molecular weight is 380 g/mol. The molecule has 2 saturated heterocycles. The van der Waals surface area contributed by atoms with Crippen LogP contribution in [0.25, 0.3) is 0 Å². The van der Waals surface area contributed by atoms with Gasteiger partial charge in [0.05, 0.1) is 18.8 Å². The van der Waals surface area contributed by atoms with Gasteiger partial charge in [-0.1, -0.05) is 59.6 Å². The molecule has 4 rings (SSSR count). The van der Waals surface area contributed by atoms with Crippen LogP contribution < -0.4 is 0 Å². The van der Waals surface area contributed by atoms with Crippen molar-refractivity contribution in [3.8, 4) is 0 Å². The van der Waals surface area contributed by atoms with E-state index in [-0.39, 0.29) is 24.6 Å². The van der Waals surface area contributed by atoms with Crippen molar-refractivity contribution in [1.29, 1.82) is 0 Å². The lowest BCUT2D eigenvalue weighted by atomic mass is 9.96. The molecule has 2 aromatic carbocycles. The molecule has 0 saturated carbocycles. The molecule has 0 radical (unpaired) electrons. The maximum Gasteiger partial charge on any atom is 0.141 e. The zero-order valence-electron chi connectivity index (χ0n) is 13.6. The molecule has 0 aromatic heterocycles. The Morgan fingerprint density at radius 2 is 1.40 bits per heavy atom. The molecule has 1 N–H and O–H groups in total. The van der Waals surface area contributed by atoms with Crippen LogP contribution in [0.1, 0.15) is 30.0 Å². The van der Waals surface area contributed by atoms with Crippen LogP contribution in [0, 0.1) is 0 Å². The summed E-state index contributed by atoms with van der Waals surface area (Å²) < 4.78 is 12.3. The Balaban J connectivity index is 1.78. The molecule has 2 aliphatic rings. The van der Waals surface area contributed by atoms with Gasteiger partial charge in [-0.25, -0.2) is 4.90 Å². The normalized spacial score (nSPS) is 29.1. The van der Waals surface area contributed by atoms with Crippen molar-refractivity contribution in [2.24, 2.45) is 0 Å². The highest BCUT2D eigenvalue weighted by Crippen LogP contribution is 2.51. The molecule has 3 atom stereocenters. The Morgan fingerprint density at radius 3 is 1.84 bits per heavy atom. The monoisotopic (exact) mass is 379 g/mol. The summed E-state index contributed by atoms with van der Waals surface area (Å²) in [6, 6.07) is 15.3. The first-order valence-electron chi connectivity index (χ1n) is 8.28. The molecule has 2 heterocycles. The highest BCUT2D eigenvalue weighted by Gasteiger charge is 2.56. The first-order chi connectivity index (χ1) is 12.2.